The number of nitrogens with zero attached hydrogens (tertiary/aromatic N) is 2. The second-order valence-electron chi connectivity index (χ2n) is 3.07. The molecule has 0 saturated carbocycles. The molecular weight excluding hydrogens is 256 g/mol. The van der Waals surface area contributed by atoms with Crippen LogP contribution in [0.5, 0.6) is 0 Å². The van der Waals surface area contributed by atoms with Crippen molar-refractivity contribution in [3.05, 3.63) is 41.3 Å². The van der Waals surface area contributed by atoms with Gasteiger partial charge in [0.15, 0.2) is 0 Å². The van der Waals surface area contributed by atoms with Crippen LogP contribution in [0.1, 0.15) is 12.6 Å². The van der Waals surface area contributed by atoms with E-state index in [-0.39, 0.29) is 0 Å². The van der Waals surface area contributed by atoms with Gasteiger partial charge < -0.3 is 4.74 Å². The van der Waals surface area contributed by atoms with E-state index in [1.807, 2.05) is 29.7 Å². The summed E-state index contributed by atoms with van der Waals surface area (Å²) in [6, 6.07) is 3.91. The number of hydrogen-bond acceptors (Lipinski definition) is 2. The Morgan fingerprint density at radius 2 is 2.40 bits per heavy atom. The maximum absolute atomic E-state index is 5.40. The SMILES string of the molecule is C=C(OCC)c1cc(Br)cc2nccn12. The van der Waals surface area contributed by atoms with Crippen molar-refractivity contribution < 1.29 is 4.74 Å². The Bertz CT molecular complexity index is 504. The molecule has 0 unspecified atom stereocenters. The first-order valence-corrected chi connectivity index (χ1v) is 5.46. The molecule has 0 N–H and O–H groups in total. The van der Waals surface area contributed by atoms with Crippen molar-refractivity contribution in [1.82, 2.24) is 9.38 Å². The van der Waals surface area contributed by atoms with Crippen molar-refractivity contribution >= 4 is 27.3 Å². The molecule has 0 atom stereocenters. The van der Waals surface area contributed by atoms with E-state index in [1.165, 1.54) is 0 Å². The number of imidazole rings is 1. The van der Waals surface area contributed by atoms with Gasteiger partial charge in [-0.05, 0) is 19.1 Å². The Morgan fingerprint density at radius 1 is 1.60 bits per heavy atom. The number of halogens is 1. The maximum atomic E-state index is 5.40. The molecule has 2 rings (SSSR count). The van der Waals surface area contributed by atoms with Gasteiger partial charge >= 0.3 is 0 Å². The summed E-state index contributed by atoms with van der Waals surface area (Å²) < 4.78 is 8.31. The summed E-state index contributed by atoms with van der Waals surface area (Å²) in [5, 5.41) is 0. The van der Waals surface area contributed by atoms with Gasteiger partial charge in [0.1, 0.15) is 11.4 Å². The van der Waals surface area contributed by atoms with Crippen LogP contribution < -0.4 is 0 Å². The molecule has 0 spiro atoms. The fourth-order valence-corrected chi connectivity index (χ4v) is 1.88. The molecule has 78 valence electrons. The number of pyridine rings is 1. The molecule has 0 saturated heterocycles. The van der Waals surface area contributed by atoms with Crippen molar-refractivity contribution in [2.75, 3.05) is 6.61 Å². The minimum atomic E-state index is 0.613. The van der Waals surface area contributed by atoms with Crippen LogP contribution in [-0.2, 0) is 4.74 Å². The van der Waals surface area contributed by atoms with E-state index < -0.39 is 0 Å². The zero-order valence-electron chi connectivity index (χ0n) is 8.40. The number of hydrogen-bond donors (Lipinski definition) is 0. The summed E-state index contributed by atoms with van der Waals surface area (Å²) in [6.07, 6.45) is 3.64. The second kappa shape index (κ2) is 4.06. The summed E-state index contributed by atoms with van der Waals surface area (Å²) in [5.74, 6) is 0.654. The number of fused-ring (bicyclic) bond motifs is 1. The Balaban J connectivity index is 2.57. The maximum Gasteiger partial charge on any atom is 0.138 e. The molecule has 15 heavy (non-hydrogen) atoms. The van der Waals surface area contributed by atoms with Gasteiger partial charge in [-0.3, -0.25) is 4.40 Å². The molecule has 3 nitrogen and oxygen atoms in total. The quantitative estimate of drug-likeness (QED) is 0.799. The van der Waals surface area contributed by atoms with Crippen molar-refractivity contribution in [3.8, 4) is 0 Å². The summed E-state index contributed by atoms with van der Waals surface area (Å²) in [4.78, 5) is 4.22. The molecule has 2 aromatic heterocycles. The fourth-order valence-electron chi connectivity index (χ4n) is 1.45. The molecule has 2 heterocycles. The van der Waals surface area contributed by atoms with E-state index in [0.29, 0.717) is 12.4 Å². The third-order valence-corrected chi connectivity index (χ3v) is 2.53. The third kappa shape index (κ3) is 1.90. The van der Waals surface area contributed by atoms with Gasteiger partial charge in [-0.2, -0.15) is 0 Å². The largest absolute Gasteiger partial charge is 0.492 e. The van der Waals surface area contributed by atoms with Gasteiger partial charge in [-0.15, -0.1) is 0 Å². The van der Waals surface area contributed by atoms with Crippen molar-refractivity contribution in [2.24, 2.45) is 0 Å². The first-order valence-electron chi connectivity index (χ1n) is 4.67. The average molecular weight is 267 g/mol. The highest BCUT2D eigenvalue weighted by molar-refractivity contribution is 9.10. The van der Waals surface area contributed by atoms with E-state index >= 15 is 0 Å². The van der Waals surface area contributed by atoms with Crippen LogP contribution >= 0.6 is 15.9 Å². The van der Waals surface area contributed by atoms with Crippen molar-refractivity contribution in [1.29, 1.82) is 0 Å². The second-order valence-corrected chi connectivity index (χ2v) is 3.99. The van der Waals surface area contributed by atoms with Crippen molar-refractivity contribution in [2.45, 2.75) is 6.92 Å². The summed E-state index contributed by atoms with van der Waals surface area (Å²) in [5.41, 5.74) is 1.79. The first-order chi connectivity index (χ1) is 7.22. The smallest absolute Gasteiger partial charge is 0.138 e. The number of ether oxygens (including phenoxy) is 1. The molecule has 0 aliphatic rings. The standard InChI is InChI=1S/C11H11BrN2O/c1-3-15-8(2)10-6-9(12)7-11-13-4-5-14(10)11/h4-7H,2-3H2,1H3. The summed E-state index contributed by atoms with van der Waals surface area (Å²) >= 11 is 3.44. The van der Waals surface area contributed by atoms with E-state index in [4.69, 9.17) is 4.74 Å². The van der Waals surface area contributed by atoms with Gasteiger partial charge in [-0.25, -0.2) is 4.98 Å². The Morgan fingerprint density at radius 3 is 3.13 bits per heavy atom. The molecule has 0 aliphatic carbocycles. The molecule has 4 heteroatoms. The monoisotopic (exact) mass is 266 g/mol. The Hall–Kier alpha value is -1.29. The normalized spacial score (nSPS) is 10.5. The van der Waals surface area contributed by atoms with Crippen LogP contribution in [-0.4, -0.2) is 16.0 Å². The highest BCUT2D eigenvalue weighted by atomic mass is 79.9. The minimum absolute atomic E-state index is 0.613. The minimum Gasteiger partial charge on any atom is -0.492 e. The van der Waals surface area contributed by atoms with Crippen LogP contribution in [0.3, 0.4) is 0 Å². The highest BCUT2D eigenvalue weighted by Gasteiger charge is 2.07. The zero-order valence-corrected chi connectivity index (χ0v) is 9.99. The molecule has 0 aliphatic heterocycles. The summed E-state index contributed by atoms with van der Waals surface area (Å²) in [7, 11) is 0. The summed E-state index contributed by atoms with van der Waals surface area (Å²) in [6.45, 7) is 6.45. The molecule has 0 radical (unpaired) electrons. The molecule has 0 amide bonds. The van der Waals surface area contributed by atoms with E-state index in [1.54, 1.807) is 6.20 Å². The van der Waals surface area contributed by atoms with Crippen LogP contribution in [0.4, 0.5) is 0 Å². The van der Waals surface area contributed by atoms with Gasteiger partial charge in [0.2, 0.25) is 0 Å². The van der Waals surface area contributed by atoms with E-state index in [0.717, 1.165) is 15.8 Å². The van der Waals surface area contributed by atoms with Crippen LogP contribution in [0.2, 0.25) is 0 Å². The highest BCUT2D eigenvalue weighted by Crippen LogP contribution is 2.21. The van der Waals surface area contributed by atoms with Crippen LogP contribution in [0.25, 0.3) is 11.4 Å². The molecule has 0 fully saturated rings. The van der Waals surface area contributed by atoms with Gasteiger partial charge in [0.05, 0.1) is 12.3 Å². The predicted molar refractivity (Wildman–Crippen MR) is 63.6 cm³/mol. The van der Waals surface area contributed by atoms with E-state index in [2.05, 4.69) is 27.5 Å². The average Bonchev–Trinajstić information content (AvgIpc) is 2.64. The van der Waals surface area contributed by atoms with Gasteiger partial charge in [-0.1, -0.05) is 22.5 Å². The lowest BCUT2D eigenvalue weighted by Crippen LogP contribution is -1.98. The number of aromatic nitrogens is 2. The molecule has 2 aromatic rings. The lowest BCUT2D eigenvalue weighted by atomic mass is 10.3. The fraction of sp³-hybridized carbons (Fsp3) is 0.182. The van der Waals surface area contributed by atoms with Gasteiger partial charge in [0, 0.05) is 16.9 Å². The first kappa shape index (κ1) is 10.2. The Kier molecular flexibility index (Phi) is 2.77. The van der Waals surface area contributed by atoms with Crippen molar-refractivity contribution in [3.63, 3.8) is 0 Å². The topological polar surface area (TPSA) is 26.5 Å². The lowest BCUT2D eigenvalue weighted by Gasteiger charge is -2.09. The zero-order chi connectivity index (χ0) is 10.8. The molecular formula is C11H11BrN2O. The Labute approximate surface area is 96.5 Å². The number of rotatable bonds is 3. The van der Waals surface area contributed by atoms with Crippen LogP contribution in [0, 0.1) is 0 Å². The predicted octanol–water partition coefficient (Wildman–Crippen LogP) is 3.10. The van der Waals surface area contributed by atoms with Crippen LogP contribution in [0.15, 0.2) is 35.6 Å². The van der Waals surface area contributed by atoms with E-state index in [9.17, 15) is 0 Å². The molecule has 0 aromatic carbocycles. The lowest BCUT2D eigenvalue weighted by molar-refractivity contribution is 0.297. The third-order valence-electron chi connectivity index (χ3n) is 2.07. The molecule has 0 bridgehead atoms. The van der Waals surface area contributed by atoms with Gasteiger partial charge in [0.25, 0.3) is 0 Å².